The molecule has 142 valence electrons. The van der Waals surface area contributed by atoms with Crippen molar-refractivity contribution in [1.29, 1.82) is 0 Å². The van der Waals surface area contributed by atoms with Gasteiger partial charge in [0.25, 0.3) is 5.91 Å². The highest BCUT2D eigenvalue weighted by molar-refractivity contribution is 5.96. The number of nitrogens with zero attached hydrogens (tertiary/aromatic N) is 1. The van der Waals surface area contributed by atoms with E-state index in [1.54, 1.807) is 24.3 Å². The largest absolute Gasteiger partial charge is 0.376 e. The van der Waals surface area contributed by atoms with Gasteiger partial charge in [-0.25, -0.2) is 0 Å². The minimum atomic E-state index is -0.122. The van der Waals surface area contributed by atoms with Gasteiger partial charge in [-0.15, -0.1) is 0 Å². The normalized spacial score (nSPS) is 14.3. The van der Waals surface area contributed by atoms with Crippen LogP contribution in [0, 0.1) is 6.92 Å². The van der Waals surface area contributed by atoms with Crippen molar-refractivity contribution in [2.45, 2.75) is 32.6 Å². The lowest BCUT2D eigenvalue weighted by Gasteiger charge is -2.20. The fourth-order valence-corrected chi connectivity index (χ4v) is 3.30. The first-order chi connectivity index (χ1) is 13.1. The molecule has 2 aromatic carbocycles. The first-order valence-electron chi connectivity index (χ1n) is 9.61. The van der Waals surface area contributed by atoms with Gasteiger partial charge in [-0.1, -0.05) is 25.0 Å². The van der Waals surface area contributed by atoms with E-state index >= 15 is 0 Å². The van der Waals surface area contributed by atoms with Crippen LogP contribution in [0.1, 0.15) is 41.6 Å². The van der Waals surface area contributed by atoms with Crippen LogP contribution in [0.3, 0.4) is 0 Å². The van der Waals surface area contributed by atoms with Crippen LogP contribution >= 0.6 is 0 Å². The second-order valence-electron chi connectivity index (χ2n) is 7.05. The molecule has 0 aromatic heterocycles. The average Bonchev–Trinajstić information content (AvgIpc) is 2.96. The quantitative estimate of drug-likeness (QED) is 0.840. The zero-order valence-corrected chi connectivity index (χ0v) is 15.8. The number of amides is 2. The summed E-state index contributed by atoms with van der Waals surface area (Å²) in [6.45, 7) is 3.88. The monoisotopic (exact) mass is 365 g/mol. The minimum absolute atomic E-state index is 0.0795. The highest BCUT2D eigenvalue weighted by Crippen LogP contribution is 2.16. The predicted octanol–water partition coefficient (Wildman–Crippen LogP) is 4.06. The van der Waals surface area contributed by atoms with E-state index in [1.165, 1.54) is 12.8 Å². The Labute approximate surface area is 160 Å². The molecular formula is C22H27N3O2. The number of hydrogen-bond donors (Lipinski definition) is 2. The van der Waals surface area contributed by atoms with Gasteiger partial charge >= 0.3 is 0 Å². The minimum Gasteiger partial charge on any atom is -0.376 e. The van der Waals surface area contributed by atoms with E-state index in [1.807, 2.05) is 36.1 Å². The smallest absolute Gasteiger partial charge is 0.253 e. The number of anilines is 2. The van der Waals surface area contributed by atoms with Crippen LogP contribution in [-0.4, -0.2) is 36.3 Å². The van der Waals surface area contributed by atoms with Crippen LogP contribution in [0.15, 0.2) is 48.5 Å². The van der Waals surface area contributed by atoms with Crippen LogP contribution in [0.4, 0.5) is 11.4 Å². The number of benzene rings is 2. The molecule has 27 heavy (non-hydrogen) atoms. The van der Waals surface area contributed by atoms with E-state index in [9.17, 15) is 9.59 Å². The third kappa shape index (κ3) is 5.58. The standard InChI is InChI=1S/C22H27N3O2/c1-17-7-6-8-20(15-17)23-16-21(26)24-19-11-9-18(10-12-19)22(27)25-13-4-2-3-5-14-25/h6-12,15,23H,2-5,13-14,16H2,1H3,(H,24,26). The molecule has 0 spiro atoms. The Balaban J connectivity index is 1.52. The van der Waals surface area contributed by atoms with Crippen molar-refractivity contribution in [1.82, 2.24) is 4.90 Å². The van der Waals surface area contributed by atoms with E-state index in [2.05, 4.69) is 10.6 Å². The van der Waals surface area contributed by atoms with Gasteiger partial charge in [-0.3, -0.25) is 9.59 Å². The lowest BCUT2D eigenvalue weighted by molar-refractivity contribution is -0.114. The number of nitrogens with one attached hydrogen (secondary N) is 2. The molecule has 0 bridgehead atoms. The van der Waals surface area contributed by atoms with Gasteiger partial charge in [0.05, 0.1) is 6.54 Å². The predicted molar refractivity (Wildman–Crippen MR) is 109 cm³/mol. The summed E-state index contributed by atoms with van der Waals surface area (Å²) >= 11 is 0. The van der Waals surface area contributed by atoms with Gasteiger partial charge in [0.2, 0.25) is 5.91 Å². The van der Waals surface area contributed by atoms with Crippen molar-refractivity contribution in [3.05, 3.63) is 59.7 Å². The molecule has 5 heteroatoms. The number of aryl methyl sites for hydroxylation is 1. The Kier molecular flexibility index (Phi) is 6.47. The summed E-state index contributed by atoms with van der Waals surface area (Å²) in [6.07, 6.45) is 4.55. The molecule has 0 radical (unpaired) electrons. The van der Waals surface area contributed by atoms with Crippen molar-refractivity contribution >= 4 is 23.2 Å². The molecule has 1 aliphatic rings. The number of carbonyl (C=O) groups excluding carboxylic acids is 2. The Morgan fingerprint density at radius 2 is 1.63 bits per heavy atom. The molecular weight excluding hydrogens is 338 g/mol. The molecule has 1 heterocycles. The average molecular weight is 365 g/mol. The molecule has 0 atom stereocenters. The highest BCUT2D eigenvalue weighted by Gasteiger charge is 2.17. The van der Waals surface area contributed by atoms with Crippen molar-refractivity contribution in [2.75, 3.05) is 30.3 Å². The number of hydrogen-bond acceptors (Lipinski definition) is 3. The molecule has 2 amide bonds. The van der Waals surface area contributed by atoms with Crippen LogP contribution in [0.25, 0.3) is 0 Å². The second kappa shape index (κ2) is 9.21. The summed E-state index contributed by atoms with van der Waals surface area (Å²) in [6, 6.07) is 15.0. The van der Waals surface area contributed by atoms with Gasteiger partial charge < -0.3 is 15.5 Å². The van der Waals surface area contributed by atoms with Gasteiger partial charge in [0, 0.05) is 30.0 Å². The molecule has 0 unspecified atom stereocenters. The number of carbonyl (C=O) groups is 2. The van der Waals surface area contributed by atoms with Crippen LogP contribution < -0.4 is 10.6 Å². The van der Waals surface area contributed by atoms with E-state index in [4.69, 9.17) is 0 Å². The number of likely N-dealkylation sites (tertiary alicyclic amines) is 1. The lowest BCUT2D eigenvalue weighted by atomic mass is 10.1. The molecule has 1 fully saturated rings. The fraction of sp³-hybridized carbons (Fsp3) is 0.364. The first-order valence-corrected chi connectivity index (χ1v) is 9.61. The van der Waals surface area contributed by atoms with Gasteiger partial charge in [-0.05, 0) is 61.7 Å². The van der Waals surface area contributed by atoms with Crippen LogP contribution in [0.2, 0.25) is 0 Å². The fourth-order valence-electron chi connectivity index (χ4n) is 3.30. The zero-order chi connectivity index (χ0) is 19.1. The molecule has 0 aliphatic carbocycles. The van der Waals surface area contributed by atoms with Crippen LogP contribution in [-0.2, 0) is 4.79 Å². The first kappa shape index (κ1) is 19.0. The Bertz CT molecular complexity index is 778. The Morgan fingerprint density at radius 3 is 2.30 bits per heavy atom. The lowest BCUT2D eigenvalue weighted by Crippen LogP contribution is -2.31. The summed E-state index contributed by atoms with van der Waals surface area (Å²) in [4.78, 5) is 26.7. The van der Waals surface area contributed by atoms with Crippen LogP contribution in [0.5, 0.6) is 0 Å². The maximum Gasteiger partial charge on any atom is 0.253 e. The van der Waals surface area contributed by atoms with Crippen molar-refractivity contribution in [3.63, 3.8) is 0 Å². The van der Waals surface area contributed by atoms with E-state index in [0.29, 0.717) is 11.3 Å². The number of rotatable bonds is 5. The van der Waals surface area contributed by atoms with E-state index < -0.39 is 0 Å². The molecule has 1 saturated heterocycles. The third-order valence-electron chi connectivity index (χ3n) is 4.78. The maximum absolute atomic E-state index is 12.6. The molecule has 2 N–H and O–H groups in total. The second-order valence-corrected chi connectivity index (χ2v) is 7.05. The third-order valence-corrected chi connectivity index (χ3v) is 4.78. The summed E-state index contributed by atoms with van der Waals surface area (Å²) in [5.74, 6) is -0.0426. The Morgan fingerprint density at radius 1 is 0.926 bits per heavy atom. The van der Waals surface area contributed by atoms with Gasteiger partial charge in [-0.2, -0.15) is 0 Å². The van der Waals surface area contributed by atoms with E-state index in [-0.39, 0.29) is 18.4 Å². The maximum atomic E-state index is 12.6. The molecule has 2 aromatic rings. The zero-order valence-electron chi connectivity index (χ0n) is 15.8. The summed E-state index contributed by atoms with van der Waals surface area (Å²) < 4.78 is 0. The summed E-state index contributed by atoms with van der Waals surface area (Å²) in [5.41, 5.74) is 3.43. The van der Waals surface area contributed by atoms with E-state index in [0.717, 1.165) is 37.2 Å². The van der Waals surface area contributed by atoms with Crippen molar-refractivity contribution in [3.8, 4) is 0 Å². The highest BCUT2D eigenvalue weighted by atomic mass is 16.2. The summed E-state index contributed by atoms with van der Waals surface area (Å²) in [7, 11) is 0. The molecule has 1 aliphatic heterocycles. The topological polar surface area (TPSA) is 61.4 Å². The Hall–Kier alpha value is -2.82. The van der Waals surface area contributed by atoms with Crippen molar-refractivity contribution in [2.24, 2.45) is 0 Å². The van der Waals surface area contributed by atoms with Crippen molar-refractivity contribution < 1.29 is 9.59 Å². The van der Waals surface area contributed by atoms with Gasteiger partial charge in [0.1, 0.15) is 0 Å². The SMILES string of the molecule is Cc1cccc(NCC(=O)Nc2ccc(C(=O)N3CCCCCC3)cc2)c1. The molecule has 0 saturated carbocycles. The molecule has 5 nitrogen and oxygen atoms in total. The summed E-state index contributed by atoms with van der Waals surface area (Å²) in [5, 5.41) is 5.97. The molecule has 3 rings (SSSR count). The van der Waals surface area contributed by atoms with Gasteiger partial charge in [0.15, 0.2) is 0 Å².